The van der Waals surface area contributed by atoms with Gasteiger partial charge in [0, 0.05) is 11.9 Å². The molecule has 0 unspecified atom stereocenters. The highest BCUT2D eigenvalue weighted by molar-refractivity contribution is 7.93. The van der Waals surface area contributed by atoms with Crippen LogP contribution in [-0.2, 0) is 21.4 Å². The lowest BCUT2D eigenvalue weighted by molar-refractivity contribution is -0.122. The van der Waals surface area contributed by atoms with E-state index in [4.69, 9.17) is 0 Å². The number of anilines is 1. The highest BCUT2D eigenvalue weighted by Crippen LogP contribution is 2.43. The normalized spacial score (nSPS) is 15.8. The minimum atomic E-state index is -3.75. The van der Waals surface area contributed by atoms with Crippen LogP contribution in [0.1, 0.15) is 12.5 Å². The Hall–Kier alpha value is -2.86. The standard InChI is InChI=1S/C20H18N2O3S/c1-14(20(23)21-13-15-7-3-2-4-8-15)22-17-11-5-9-16-10-6-12-18(19(16)17)26(22,24)25/h2-12,14H,13H2,1H3,(H,21,23)/t14-/m0/s1. The summed E-state index contributed by atoms with van der Waals surface area (Å²) in [6.07, 6.45) is 0. The van der Waals surface area contributed by atoms with Gasteiger partial charge in [-0.25, -0.2) is 8.42 Å². The van der Waals surface area contributed by atoms with Crippen molar-refractivity contribution in [3.63, 3.8) is 0 Å². The van der Waals surface area contributed by atoms with Crippen LogP contribution >= 0.6 is 0 Å². The molecule has 26 heavy (non-hydrogen) atoms. The summed E-state index contributed by atoms with van der Waals surface area (Å²) < 4.78 is 27.3. The molecule has 0 aliphatic carbocycles. The lowest BCUT2D eigenvalue weighted by Gasteiger charge is -2.25. The van der Waals surface area contributed by atoms with E-state index in [9.17, 15) is 13.2 Å². The molecule has 3 aromatic rings. The summed E-state index contributed by atoms with van der Waals surface area (Å²) in [6.45, 7) is 1.97. The second kappa shape index (κ2) is 6.14. The fourth-order valence-corrected chi connectivity index (χ4v) is 5.24. The molecule has 0 saturated heterocycles. The first-order chi connectivity index (χ1) is 12.5. The van der Waals surface area contributed by atoms with E-state index in [1.54, 1.807) is 25.1 Å². The van der Waals surface area contributed by atoms with E-state index in [1.165, 1.54) is 4.31 Å². The van der Waals surface area contributed by atoms with Gasteiger partial charge in [0.2, 0.25) is 5.91 Å². The third kappa shape index (κ3) is 2.54. The van der Waals surface area contributed by atoms with Crippen molar-refractivity contribution in [2.75, 3.05) is 4.31 Å². The smallest absolute Gasteiger partial charge is 0.265 e. The Labute approximate surface area is 152 Å². The van der Waals surface area contributed by atoms with E-state index >= 15 is 0 Å². The molecule has 1 heterocycles. The summed E-state index contributed by atoms with van der Waals surface area (Å²) in [6, 6.07) is 19.3. The highest BCUT2D eigenvalue weighted by Gasteiger charge is 2.40. The predicted molar refractivity (Wildman–Crippen MR) is 101 cm³/mol. The maximum atomic E-state index is 13.0. The number of benzene rings is 3. The van der Waals surface area contributed by atoms with Crippen LogP contribution in [0.15, 0.2) is 71.6 Å². The van der Waals surface area contributed by atoms with Crippen molar-refractivity contribution >= 4 is 32.4 Å². The number of nitrogens with one attached hydrogen (secondary N) is 1. The van der Waals surface area contributed by atoms with Crippen LogP contribution in [0.3, 0.4) is 0 Å². The quantitative estimate of drug-likeness (QED) is 0.772. The second-order valence-corrected chi connectivity index (χ2v) is 8.09. The fraction of sp³-hybridized carbons (Fsp3) is 0.150. The molecule has 0 aromatic heterocycles. The molecule has 6 heteroatoms. The number of carbonyl (C=O) groups excluding carboxylic acids is 1. The second-order valence-electron chi connectivity index (χ2n) is 6.31. The maximum absolute atomic E-state index is 13.0. The van der Waals surface area contributed by atoms with Crippen molar-refractivity contribution in [1.29, 1.82) is 0 Å². The number of carbonyl (C=O) groups is 1. The summed E-state index contributed by atoms with van der Waals surface area (Å²) >= 11 is 0. The van der Waals surface area contributed by atoms with Crippen molar-refractivity contribution in [2.45, 2.75) is 24.4 Å². The van der Waals surface area contributed by atoms with Crippen LogP contribution in [0.5, 0.6) is 0 Å². The van der Waals surface area contributed by atoms with Gasteiger partial charge in [-0.2, -0.15) is 0 Å². The van der Waals surface area contributed by atoms with Gasteiger partial charge in [-0.1, -0.05) is 54.6 Å². The number of nitrogens with zero attached hydrogens (tertiary/aromatic N) is 1. The maximum Gasteiger partial charge on any atom is 0.265 e. The molecule has 1 aliphatic heterocycles. The summed E-state index contributed by atoms with van der Waals surface area (Å²) in [5.41, 5.74) is 1.52. The zero-order valence-corrected chi connectivity index (χ0v) is 15.0. The van der Waals surface area contributed by atoms with Crippen molar-refractivity contribution in [1.82, 2.24) is 5.32 Å². The minimum Gasteiger partial charge on any atom is -0.350 e. The number of sulfonamides is 1. The van der Waals surface area contributed by atoms with E-state index in [1.807, 2.05) is 48.5 Å². The molecule has 132 valence electrons. The third-order valence-electron chi connectivity index (χ3n) is 4.66. The Kier molecular flexibility index (Phi) is 3.92. The summed E-state index contributed by atoms with van der Waals surface area (Å²) in [5, 5.41) is 4.36. The lowest BCUT2D eigenvalue weighted by Crippen LogP contribution is -2.46. The van der Waals surface area contributed by atoms with Gasteiger partial charge in [0.05, 0.1) is 10.6 Å². The van der Waals surface area contributed by atoms with Crippen LogP contribution in [0.25, 0.3) is 10.8 Å². The predicted octanol–water partition coefficient (Wildman–Crippen LogP) is 3.05. The van der Waals surface area contributed by atoms with Gasteiger partial charge in [-0.3, -0.25) is 9.10 Å². The largest absolute Gasteiger partial charge is 0.350 e. The zero-order chi connectivity index (χ0) is 18.3. The molecule has 0 fully saturated rings. The molecule has 0 saturated carbocycles. The van der Waals surface area contributed by atoms with Gasteiger partial charge >= 0.3 is 0 Å². The van der Waals surface area contributed by atoms with Crippen LogP contribution in [0.4, 0.5) is 5.69 Å². The molecule has 0 radical (unpaired) electrons. The molecule has 1 N–H and O–H groups in total. The Bertz CT molecular complexity index is 1090. The number of rotatable bonds is 4. The van der Waals surface area contributed by atoms with E-state index in [2.05, 4.69) is 5.32 Å². The Morgan fingerprint density at radius 3 is 2.42 bits per heavy atom. The average molecular weight is 366 g/mol. The van der Waals surface area contributed by atoms with Gasteiger partial charge in [0.25, 0.3) is 10.0 Å². The first-order valence-electron chi connectivity index (χ1n) is 8.38. The van der Waals surface area contributed by atoms with E-state index in [0.29, 0.717) is 17.6 Å². The monoisotopic (exact) mass is 366 g/mol. The molecular weight excluding hydrogens is 348 g/mol. The first kappa shape index (κ1) is 16.6. The van der Waals surface area contributed by atoms with Gasteiger partial charge in [-0.05, 0) is 30.0 Å². The van der Waals surface area contributed by atoms with Crippen molar-refractivity contribution in [2.24, 2.45) is 0 Å². The topological polar surface area (TPSA) is 66.5 Å². The number of hydrogen-bond acceptors (Lipinski definition) is 3. The Balaban J connectivity index is 1.65. The lowest BCUT2D eigenvalue weighted by atomic mass is 10.1. The number of amides is 1. The van der Waals surface area contributed by atoms with Crippen LogP contribution in [0, 0.1) is 0 Å². The highest BCUT2D eigenvalue weighted by atomic mass is 32.2. The Morgan fingerprint density at radius 1 is 1.00 bits per heavy atom. The fourth-order valence-electron chi connectivity index (χ4n) is 3.38. The molecule has 5 nitrogen and oxygen atoms in total. The molecule has 0 spiro atoms. The van der Waals surface area contributed by atoms with Crippen molar-refractivity contribution in [3.05, 3.63) is 72.3 Å². The van der Waals surface area contributed by atoms with Crippen molar-refractivity contribution < 1.29 is 13.2 Å². The molecule has 1 atom stereocenters. The van der Waals surface area contributed by atoms with Crippen LogP contribution in [0.2, 0.25) is 0 Å². The SMILES string of the molecule is C[C@@H](C(=O)NCc1ccccc1)N1c2cccc3cccc(c23)S1(=O)=O. The summed E-state index contributed by atoms with van der Waals surface area (Å²) in [5.74, 6) is -0.331. The minimum absolute atomic E-state index is 0.258. The molecule has 1 aliphatic rings. The third-order valence-corrected chi connectivity index (χ3v) is 6.59. The van der Waals surface area contributed by atoms with E-state index in [0.717, 1.165) is 10.9 Å². The molecule has 0 bridgehead atoms. The van der Waals surface area contributed by atoms with Gasteiger partial charge in [0.1, 0.15) is 6.04 Å². The summed E-state index contributed by atoms with van der Waals surface area (Å²) in [4.78, 5) is 12.9. The molecular formula is C20H18N2O3S. The van der Waals surface area contributed by atoms with Gasteiger partial charge in [0.15, 0.2) is 0 Å². The average Bonchev–Trinajstić information content (AvgIpc) is 2.89. The molecule has 3 aromatic carbocycles. The van der Waals surface area contributed by atoms with Crippen LogP contribution < -0.4 is 9.62 Å². The van der Waals surface area contributed by atoms with E-state index in [-0.39, 0.29) is 10.8 Å². The van der Waals surface area contributed by atoms with Crippen LogP contribution in [-0.4, -0.2) is 20.4 Å². The molecule has 4 rings (SSSR count). The van der Waals surface area contributed by atoms with Gasteiger partial charge < -0.3 is 5.32 Å². The molecule has 1 amide bonds. The van der Waals surface area contributed by atoms with Crippen molar-refractivity contribution in [3.8, 4) is 0 Å². The Morgan fingerprint density at radius 2 is 1.69 bits per heavy atom. The summed E-state index contributed by atoms with van der Waals surface area (Å²) in [7, 11) is -3.75. The van der Waals surface area contributed by atoms with Gasteiger partial charge in [-0.15, -0.1) is 0 Å². The number of hydrogen-bond donors (Lipinski definition) is 1. The zero-order valence-electron chi connectivity index (χ0n) is 14.2. The first-order valence-corrected chi connectivity index (χ1v) is 9.82. The van der Waals surface area contributed by atoms with E-state index < -0.39 is 16.1 Å².